The van der Waals surface area contributed by atoms with E-state index in [-0.39, 0.29) is 41.5 Å². The van der Waals surface area contributed by atoms with Crippen LogP contribution in [0.2, 0.25) is 5.02 Å². The lowest BCUT2D eigenvalue weighted by Crippen LogP contribution is -2.32. The molecule has 52 heavy (non-hydrogen) atoms. The maximum absolute atomic E-state index is 14.2. The van der Waals surface area contributed by atoms with Gasteiger partial charge in [0.05, 0.1) is 16.5 Å². The van der Waals surface area contributed by atoms with Crippen LogP contribution in [-0.4, -0.2) is 46.4 Å². The number of aromatic nitrogens is 1. The van der Waals surface area contributed by atoms with Gasteiger partial charge in [-0.2, -0.15) is 0 Å². The molecule has 0 saturated heterocycles. The Kier molecular flexibility index (Phi) is 13.2. The number of amides is 2. The minimum absolute atomic E-state index is 0.128. The molecule has 0 radical (unpaired) electrons. The highest BCUT2D eigenvalue weighted by molar-refractivity contribution is 6.31. The quantitative estimate of drug-likeness (QED) is 0.0643. The number of carbonyl (C=O) groups excluding carboxylic acids is 4. The van der Waals surface area contributed by atoms with Gasteiger partial charge in [0.2, 0.25) is 5.91 Å². The summed E-state index contributed by atoms with van der Waals surface area (Å²) in [5.41, 5.74) is -0.185. The number of nitrogens with one attached hydrogen (secondary N) is 2. The maximum Gasteiger partial charge on any atom is 0.419 e. The first kappa shape index (κ1) is 39.6. The first-order valence-electron chi connectivity index (χ1n) is 17.0. The van der Waals surface area contributed by atoms with Gasteiger partial charge in [0.15, 0.2) is 0 Å². The van der Waals surface area contributed by atoms with Gasteiger partial charge in [0, 0.05) is 23.2 Å². The van der Waals surface area contributed by atoms with Crippen molar-refractivity contribution in [3.8, 4) is 0 Å². The molecule has 276 valence electrons. The lowest BCUT2D eigenvalue weighted by atomic mass is 9.89. The smallest absolute Gasteiger partial charge is 0.419 e. The van der Waals surface area contributed by atoms with Gasteiger partial charge in [-0.1, -0.05) is 72.3 Å². The highest BCUT2D eigenvalue weighted by atomic mass is 35.5. The number of nitrogens with zero attached hydrogens (tertiary/aromatic N) is 1. The molecule has 2 N–H and O–H groups in total. The summed E-state index contributed by atoms with van der Waals surface area (Å²) < 4.78 is 31.9. The van der Waals surface area contributed by atoms with Crippen molar-refractivity contribution in [2.75, 3.05) is 11.9 Å². The zero-order valence-electron chi connectivity index (χ0n) is 30.3. The van der Waals surface area contributed by atoms with E-state index in [0.29, 0.717) is 23.7 Å². The van der Waals surface area contributed by atoms with Crippen LogP contribution in [0.3, 0.4) is 0 Å². The summed E-state index contributed by atoms with van der Waals surface area (Å²) in [5.74, 6) is -2.95. The van der Waals surface area contributed by atoms with Crippen LogP contribution in [0.15, 0.2) is 84.9 Å². The van der Waals surface area contributed by atoms with Crippen LogP contribution in [0.1, 0.15) is 88.3 Å². The molecule has 0 aliphatic heterocycles. The standard InChI is InChI=1S/C40H45ClFN3O7/c1-39(2,3)51-36(47)34-33(28-18-13-14-20-32(28)45(34)38(49)52-40(4,5)6)29(35(46)44-27-21-22-31(42)30(41)24-27)19-12-7-8-15-23-43-37(48)50-25-26-16-10-9-11-17-26/h8-11,13-18,20-22,24,29H,7,12,19,23,25H2,1-6H3,(H,43,48)(H,44,46). The third kappa shape index (κ3) is 11.2. The number of carbonyl (C=O) groups is 4. The van der Waals surface area contributed by atoms with Crippen molar-refractivity contribution in [1.82, 2.24) is 9.88 Å². The van der Waals surface area contributed by atoms with Gasteiger partial charge in [-0.05, 0) is 90.6 Å². The van der Waals surface area contributed by atoms with Gasteiger partial charge in [-0.15, -0.1) is 0 Å². The Labute approximate surface area is 308 Å². The number of alkyl carbamates (subject to hydrolysis) is 1. The third-order valence-corrected chi connectivity index (χ3v) is 7.83. The summed E-state index contributed by atoms with van der Waals surface area (Å²) in [5, 5.41) is 5.80. The van der Waals surface area contributed by atoms with Gasteiger partial charge >= 0.3 is 18.2 Å². The number of hydrogen-bond acceptors (Lipinski definition) is 7. The summed E-state index contributed by atoms with van der Waals surface area (Å²) in [6, 6.07) is 20.0. The predicted octanol–water partition coefficient (Wildman–Crippen LogP) is 9.55. The summed E-state index contributed by atoms with van der Waals surface area (Å²) in [6.07, 6.45) is 3.50. The van der Waals surface area contributed by atoms with Gasteiger partial charge < -0.3 is 24.8 Å². The minimum atomic E-state index is -0.987. The number of para-hydroxylation sites is 1. The van der Waals surface area contributed by atoms with E-state index in [1.54, 1.807) is 71.9 Å². The predicted molar refractivity (Wildman–Crippen MR) is 199 cm³/mol. The number of allylic oxidation sites excluding steroid dienone is 1. The molecule has 1 aromatic heterocycles. The van der Waals surface area contributed by atoms with Crippen molar-refractivity contribution in [2.45, 2.75) is 84.5 Å². The second kappa shape index (κ2) is 17.4. The average molecular weight is 734 g/mol. The molecule has 10 nitrogen and oxygen atoms in total. The van der Waals surface area contributed by atoms with E-state index < -0.39 is 47.0 Å². The number of rotatable bonds is 12. The lowest BCUT2D eigenvalue weighted by molar-refractivity contribution is -0.117. The molecule has 3 aromatic carbocycles. The van der Waals surface area contributed by atoms with Crippen LogP contribution in [0.25, 0.3) is 10.9 Å². The van der Waals surface area contributed by atoms with Crippen molar-refractivity contribution < 1.29 is 37.8 Å². The number of fused-ring (bicyclic) bond motifs is 1. The second-order valence-electron chi connectivity index (χ2n) is 14.1. The summed E-state index contributed by atoms with van der Waals surface area (Å²) in [7, 11) is 0. The minimum Gasteiger partial charge on any atom is -0.455 e. The number of unbranched alkanes of at least 4 members (excludes halogenated alkanes) is 1. The Bertz CT molecular complexity index is 1930. The highest BCUT2D eigenvalue weighted by Crippen LogP contribution is 2.38. The van der Waals surface area contributed by atoms with Crippen molar-refractivity contribution in [3.63, 3.8) is 0 Å². The molecule has 0 aliphatic rings. The van der Waals surface area contributed by atoms with E-state index in [4.69, 9.17) is 25.8 Å². The molecule has 4 rings (SSSR count). The van der Waals surface area contributed by atoms with Gasteiger partial charge in [-0.3, -0.25) is 4.79 Å². The van der Waals surface area contributed by atoms with Crippen LogP contribution >= 0.6 is 11.6 Å². The summed E-state index contributed by atoms with van der Waals surface area (Å²) in [4.78, 5) is 54.2. The molecule has 12 heteroatoms. The molecule has 0 aliphatic carbocycles. The summed E-state index contributed by atoms with van der Waals surface area (Å²) in [6.45, 7) is 10.6. The molecule has 4 aromatic rings. The number of ether oxygens (including phenoxy) is 3. The van der Waals surface area contributed by atoms with Crippen molar-refractivity contribution in [2.24, 2.45) is 0 Å². The van der Waals surface area contributed by atoms with E-state index >= 15 is 0 Å². The van der Waals surface area contributed by atoms with E-state index in [1.807, 2.05) is 36.4 Å². The van der Waals surface area contributed by atoms with E-state index in [9.17, 15) is 23.6 Å². The van der Waals surface area contributed by atoms with Crippen LogP contribution < -0.4 is 10.6 Å². The number of anilines is 1. The SMILES string of the molecule is CC(C)(C)OC(=O)c1c(C(CCCC=CCNC(=O)OCc2ccccc2)C(=O)Nc2ccc(F)c(Cl)c2)c2ccccc2n1C(=O)OC(C)(C)C. The molecule has 0 bridgehead atoms. The Morgan fingerprint density at radius 1 is 0.885 bits per heavy atom. The molecule has 1 heterocycles. The first-order chi connectivity index (χ1) is 24.5. The Balaban J connectivity index is 1.64. The Morgan fingerprint density at radius 3 is 2.23 bits per heavy atom. The average Bonchev–Trinajstić information content (AvgIpc) is 3.41. The monoisotopic (exact) mass is 733 g/mol. The first-order valence-corrected chi connectivity index (χ1v) is 17.4. The normalized spacial score (nSPS) is 12.4. The number of halogens is 2. The zero-order valence-corrected chi connectivity index (χ0v) is 31.0. The van der Waals surface area contributed by atoms with E-state index in [0.717, 1.165) is 11.6 Å². The van der Waals surface area contributed by atoms with Crippen LogP contribution in [0, 0.1) is 5.82 Å². The molecular weight excluding hydrogens is 689 g/mol. The van der Waals surface area contributed by atoms with Gasteiger partial charge in [0.1, 0.15) is 29.3 Å². The molecule has 1 unspecified atom stereocenters. The molecular formula is C40H45ClFN3O7. The third-order valence-electron chi connectivity index (χ3n) is 7.54. The molecule has 0 fully saturated rings. The van der Waals surface area contributed by atoms with Gasteiger partial charge in [0.25, 0.3) is 0 Å². The van der Waals surface area contributed by atoms with Crippen molar-refractivity contribution >= 4 is 52.3 Å². The Hall–Kier alpha value is -5.16. The molecule has 2 amide bonds. The van der Waals surface area contributed by atoms with E-state index in [2.05, 4.69) is 10.6 Å². The van der Waals surface area contributed by atoms with Crippen molar-refractivity contribution in [1.29, 1.82) is 0 Å². The van der Waals surface area contributed by atoms with Crippen LogP contribution in [0.5, 0.6) is 0 Å². The summed E-state index contributed by atoms with van der Waals surface area (Å²) >= 11 is 6.02. The zero-order chi connectivity index (χ0) is 38.1. The largest absolute Gasteiger partial charge is 0.455 e. The Morgan fingerprint density at radius 2 is 1.56 bits per heavy atom. The molecule has 1 atom stereocenters. The van der Waals surface area contributed by atoms with Crippen LogP contribution in [-0.2, 0) is 25.6 Å². The fraction of sp³-hybridized carbons (Fsp3) is 0.350. The highest BCUT2D eigenvalue weighted by Gasteiger charge is 2.37. The topological polar surface area (TPSA) is 125 Å². The van der Waals surface area contributed by atoms with E-state index in [1.165, 1.54) is 16.7 Å². The number of benzene rings is 3. The second-order valence-corrected chi connectivity index (χ2v) is 14.5. The fourth-order valence-corrected chi connectivity index (χ4v) is 5.59. The van der Waals surface area contributed by atoms with Crippen LogP contribution in [0.4, 0.5) is 19.7 Å². The fourth-order valence-electron chi connectivity index (χ4n) is 5.41. The molecule has 0 saturated carbocycles. The van der Waals surface area contributed by atoms with Crippen molar-refractivity contribution in [3.05, 3.63) is 113 Å². The molecule has 0 spiro atoms. The maximum atomic E-state index is 14.2. The number of hydrogen-bond donors (Lipinski definition) is 2. The van der Waals surface area contributed by atoms with Gasteiger partial charge in [-0.25, -0.2) is 23.3 Å². The number of esters is 1. The lowest BCUT2D eigenvalue weighted by Gasteiger charge is -2.24.